The zero-order valence-electron chi connectivity index (χ0n) is 21.5. The van der Waals surface area contributed by atoms with Gasteiger partial charge in [-0.15, -0.1) is 0 Å². The SMILES string of the molecule is CN(C)c1ccc(C=C(NC(=O)c2cccc(F)c2)C(=O)NN=Cc2cc(C(C)(C)C)ccc2O)cc1. The molecule has 0 fully saturated rings. The van der Waals surface area contributed by atoms with Crippen LogP contribution in [0, 0.1) is 5.82 Å². The minimum atomic E-state index is -0.691. The van der Waals surface area contributed by atoms with Crippen LogP contribution >= 0.6 is 0 Å². The largest absolute Gasteiger partial charge is 0.507 e. The Hall–Kier alpha value is -4.46. The van der Waals surface area contributed by atoms with Crippen molar-refractivity contribution in [1.29, 1.82) is 0 Å². The number of phenolic OH excluding ortho intramolecular Hbond substituents is 1. The molecular weight excluding hydrogens is 471 g/mol. The smallest absolute Gasteiger partial charge is 0.287 e. The van der Waals surface area contributed by atoms with E-state index < -0.39 is 17.6 Å². The molecule has 3 aromatic carbocycles. The lowest BCUT2D eigenvalue weighted by molar-refractivity contribution is -0.117. The van der Waals surface area contributed by atoms with Gasteiger partial charge in [0.05, 0.1) is 6.21 Å². The van der Waals surface area contributed by atoms with E-state index in [9.17, 15) is 19.1 Å². The van der Waals surface area contributed by atoms with Crippen LogP contribution in [0.1, 0.15) is 47.8 Å². The number of hydrazone groups is 1. The summed E-state index contributed by atoms with van der Waals surface area (Å²) in [4.78, 5) is 27.7. The highest BCUT2D eigenvalue weighted by Crippen LogP contribution is 2.26. The van der Waals surface area contributed by atoms with Gasteiger partial charge >= 0.3 is 0 Å². The fraction of sp³-hybridized carbons (Fsp3) is 0.207. The summed E-state index contributed by atoms with van der Waals surface area (Å²) in [5.41, 5.74) is 5.27. The molecule has 192 valence electrons. The maximum Gasteiger partial charge on any atom is 0.287 e. The molecule has 0 aliphatic heterocycles. The second-order valence-electron chi connectivity index (χ2n) is 9.73. The van der Waals surface area contributed by atoms with Gasteiger partial charge in [-0.05, 0) is 65.1 Å². The average Bonchev–Trinajstić information content (AvgIpc) is 2.84. The number of benzene rings is 3. The van der Waals surface area contributed by atoms with E-state index in [1.807, 2.05) is 58.0 Å². The molecular formula is C29H31FN4O3. The van der Waals surface area contributed by atoms with Crippen LogP contribution in [0.4, 0.5) is 10.1 Å². The number of rotatable bonds is 7. The fourth-order valence-electron chi connectivity index (χ4n) is 3.36. The first-order valence-corrected chi connectivity index (χ1v) is 11.7. The van der Waals surface area contributed by atoms with Gasteiger partial charge in [-0.25, -0.2) is 9.82 Å². The number of nitrogens with one attached hydrogen (secondary N) is 2. The van der Waals surface area contributed by atoms with Crippen molar-refractivity contribution in [1.82, 2.24) is 10.7 Å². The van der Waals surface area contributed by atoms with Crippen molar-refractivity contribution in [2.45, 2.75) is 26.2 Å². The molecule has 37 heavy (non-hydrogen) atoms. The van der Waals surface area contributed by atoms with E-state index in [-0.39, 0.29) is 22.4 Å². The van der Waals surface area contributed by atoms with Crippen LogP contribution in [0.2, 0.25) is 0 Å². The van der Waals surface area contributed by atoms with Crippen molar-refractivity contribution in [3.63, 3.8) is 0 Å². The number of amides is 2. The normalized spacial score (nSPS) is 11.9. The molecule has 3 rings (SSSR count). The molecule has 3 N–H and O–H groups in total. The molecule has 0 bridgehead atoms. The van der Waals surface area contributed by atoms with Crippen molar-refractivity contribution in [2.24, 2.45) is 5.10 Å². The third-order valence-corrected chi connectivity index (χ3v) is 5.56. The van der Waals surface area contributed by atoms with Crippen molar-refractivity contribution in [3.8, 4) is 5.75 Å². The first-order chi connectivity index (χ1) is 17.4. The highest BCUT2D eigenvalue weighted by Gasteiger charge is 2.16. The predicted molar refractivity (Wildman–Crippen MR) is 145 cm³/mol. The van der Waals surface area contributed by atoms with E-state index in [4.69, 9.17) is 0 Å². The van der Waals surface area contributed by atoms with E-state index in [1.54, 1.807) is 24.3 Å². The Bertz CT molecular complexity index is 1340. The van der Waals surface area contributed by atoms with Gasteiger partial charge in [0.1, 0.15) is 17.3 Å². The molecule has 0 aliphatic rings. The van der Waals surface area contributed by atoms with Gasteiger partial charge in [-0.3, -0.25) is 9.59 Å². The standard InChI is InChI=1S/C29H31FN4O3/c1-29(2,3)22-11-14-26(35)21(16-22)18-31-33-28(37)25(15-19-9-12-24(13-10-19)34(4)5)32-27(36)20-7-6-8-23(30)17-20/h6-18,35H,1-5H3,(H,32,36)(H,33,37). The third-order valence-electron chi connectivity index (χ3n) is 5.56. The molecule has 0 atom stereocenters. The fourth-order valence-corrected chi connectivity index (χ4v) is 3.36. The van der Waals surface area contributed by atoms with Crippen LogP contribution in [-0.2, 0) is 10.2 Å². The Morgan fingerprint density at radius 2 is 1.70 bits per heavy atom. The second kappa shape index (κ2) is 11.5. The van der Waals surface area contributed by atoms with Crippen LogP contribution in [0.3, 0.4) is 0 Å². The lowest BCUT2D eigenvalue weighted by atomic mass is 9.86. The Balaban J connectivity index is 1.86. The Morgan fingerprint density at radius 3 is 2.32 bits per heavy atom. The molecule has 0 aliphatic carbocycles. The van der Waals surface area contributed by atoms with E-state index in [0.29, 0.717) is 11.1 Å². The van der Waals surface area contributed by atoms with E-state index in [1.165, 1.54) is 30.5 Å². The summed E-state index contributed by atoms with van der Waals surface area (Å²) in [5, 5.41) is 16.7. The molecule has 0 aromatic heterocycles. The Kier molecular flexibility index (Phi) is 8.45. The number of phenols is 1. The van der Waals surface area contributed by atoms with Crippen molar-refractivity contribution < 1.29 is 19.1 Å². The number of hydrogen-bond acceptors (Lipinski definition) is 5. The molecule has 0 unspecified atom stereocenters. The summed E-state index contributed by atoms with van der Waals surface area (Å²) < 4.78 is 13.6. The van der Waals surface area contributed by atoms with Gasteiger partial charge in [0.15, 0.2) is 0 Å². The minimum absolute atomic E-state index is 0.0159. The predicted octanol–water partition coefficient (Wildman–Crippen LogP) is 4.82. The number of hydrogen-bond donors (Lipinski definition) is 3. The van der Waals surface area contributed by atoms with Gasteiger partial charge in [-0.1, -0.05) is 45.0 Å². The Labute approximate surface area is 216 Å². The molecule has 2 amide bonds. The number of carbonyl (C=O) groups is 2. The summed E-state index contributed by atoms with van der Waals surface area (Å²) in [6.45, 7) is 6.14. The van der Waals surface area contributed by atoms with Crippen molar-refractivity contribution >= 4 is 29.8 Å². The van der Waals surface area contributed by atoms with Crippen LogP contribution in [0.25, 0.3) is 6.08 Å². The summed E-state index contributed by atoms with van der Waals surface area (Å²) in [6, 6.07) is 17.7. The van der Waals surface area contributed by atoms with Crippen molar-refractivity contribution in [2.75, 3.05) is 19.0 Å². The monoisotopic (exact) mass is 502 g/mol. The summed E-state index contributed by atoms with van der Waals surface area (Å²) in [7, 11) is 3.83. The van der Waals surface area contributed by atoms with Crippen molar-refractivity contribution in [3.05, 3.63) is 100 Å². The molecule has 8 heteroatoms. The number of halogens is 1. The molecule has 7 nitrogen and oxygen atoms in total. The molecule has 0 saturated heterocycles. The van der Waals surface area contributed by atoms with Gasteiger partial charge in [0.25, 0.3) is 11.8 Å². The summed E-state index contributed by atoms with van der Waals surface area (Å²) in [6.07, 6.45) is 2.83. The molecule has 0 saturated carbocycles. The van der Waals surface area contributed by atoms with Gasteiger partial charge < -0.3 is 15.3 Å². The molecule has 0 radical (unpaired) electrons. The van der Waals surface area contributed by atoms with Crippen LogP contribution in [0.15, 0.2) is 77.5 Å². The topological polar surface area (TPSA) is 94.0 Å². The lowest BCUT2D eigenvalue weighted by Gasteiger charge is -2.19. The first-order valence-electron chi connectivity index (χ1n) is 11.7. The number of carbonyl (C=O) groups excluding carboxylic acids is 2. The zero-order valence-corrected chi connectivity index (χ0v) is 21.5. The Morgan fingerprint density at radius 1 is 1.00 bits per heavy atom. The number of aromatic hydroxyl groups is 1. The van der Waals surface area contributed by atoms with Gasteiger partial charge in [0, 0.05) is 30.9 Å². The van der Waals surface area contributed by atoms with E-state index in [2.05, 4.69) is 15.8 Å². The summed E-state index contributed by atoms with van der Waals surface area (Å²) in [5.74, 6) is -1.89. The second-order valence-corrected chi connectivity index (χ2v) is 9.73. The van der Waals surface area contributed by atoms with Gasteiger partial charge in [-0.2, -0.15) is 5.10 Å². The third kappa shape index (κ3) is 7.51. The minimum Gasteiger partial charge on any atom is -0.507 e. The first kappa shape index (κ1) is 27.1. The molecule has 0 spiro atoms. The number of nitrogens with zero attached hydrogens (tertiary/aromatic N) is 2. The highest BCUT2D eigenvalue weighted by molar-refractivity contribution is 6.05. The maximum absolute atomic E-state index is 13.6. The number of anilines is 1. The summed E-state index contributed by atoms with van der Waals surface area (Å²) >= 11 is 0. The maximum atomic E-state index is 13.6. The highest BCUT2D eigenvalue weighted by atomic mass is 19.1. The lowest BCUT2D eigenvalue weighted by Crippen LogP contribution is -2.32. The quantitative estimate of drug-likeness (QED) is 0.245. The molecule has 3 aromatic rings. The average molecular weight is 503 g/mol. The van der Waals surface area contributed by atoms with Gasteiger partial charge in [0.2, 0.25) is 0 Å². The van der Waals surface area contributed by atoms with Crippen LogP contribution in [-0.4, -0.2) is 37.2 Å². The zero-order chi connectivity index (χ0) is 27.2. The molecule has 0 heterocycles. The van der Waals surface area contributed by atoms with E-state index in [0.717, 1.165) is 17.3 Å². The van der Waals surface area contributed by atoms with E-state index >= 15 is 0 Å². The van der Waals surface area contributed by atoms with Crippen LogP contribution in [0.5, 0.6) is 5.75 Å². The van der Waals surface area contributed by atoms with Crippen LogP contribution < -0.4 is 15.6 Å².